The van der Waals surface area contributed by atoms with Crippen LogP contribution < -0.4 is 5.32 Å². The van der Waals surface area contributed by atoms with E-state index in [1.54, 1.807) is 13.0 Å². The van der Waals surface area contributed by atoms with Gasteiger partial charge in [0, 0.05) is 24.2 Å². The Morgan fingerprint density at radius 2 is 2.05 bits per heavy atom. The number of halogens is 1. The summed E-state index contributed by atoms with van der Waals surface area (Å²) in [4.78, 5) is 24.3. The number of carboxylic acids is 1. The maximum Gasteiger partial charge on any atom is 0.317 e. The molecule has 0 fully saturated rings. The second-order valence-corrected chi connectivity index (χ2v) is 4.89. The molecule has 1 atom stereocenters. The zero-order valence-electron chi connectivity index (χ0n) is 11.6. The highest BCUT2D eigenvalue weighted by molar-refractivity contribution is 6.31. The number of nitrogens with one attached hydrogen (secondary N) is 1. The summed E-state index contributed by atoms with van der Waals surface area (Å²) in [6.45, 7) is 4.29. The first kappa shape index (κ1) is 16.3. The number of rotatable bonds is 6. The van der Waals surface area contributed by atoms with Gasteiger partial charge in [-0.15, -0.1) is 0 Å². The lowest BCUT2D eigenvalue weighted by Gasteiger charge is -2.27. The molecule has 1 aromatic carbocycles. The van der Waals surface area contributed by atoms with Gasteiger partial charge in [0.05, 0.1) is 6.42 Å². The van der Waals surface area contributed by atoms with Gasteiger partial charge in [0.1, 0.15) is 0 Å². The highest BCUT2D eigenvalue weighted by Crippen LogP contribution is 2.14. The summed E-state index contributed by atoms with van der Waals surface area (Å²) in [5.74, 6) is -0.921. The maximum atomic E-state index is 12.1. The van der Waals surface area contributed by atoms with E-state index in [9.17, 15) is 9.59 Å². The molecule has 2 amide bonds. The maximum absolute atomic E-state index is 12.1. The third-order valence-electron chi connectivity index (χ3n) is 2.99. The number of carbonyl (C=O) groups excluding carboxylic acids is 1. The van der Waals surface area contributed by atoms with Crippen LogP contribution in [-0.2, 0) is 11.3 Å². The van der Waals surface area contributed by atoms with Crippen molar-refractivity contribution < 1.29 is 14.7 Å². The molecule has 5 nitrogen and oxygen atoms in total. The summed E-state index contributed by atoms with van der Waals surface area (Å²) in [6, 6.07) is 6.61. The number of amides is 2. The molecule has 20 heavy (non-hydrogen) atoms. The molecule has 0 radical (unpaired) electrons. The lowest BCUT2D eigenvalue weighted by Crippen LogP contribution is -2.45. The smallest absolute Gasteiger partial charge is 0.317 e. The van der Waals surface area contributed by atoms with E-state index in [0.717, 1.165) is 5.56 Å². The molecule has 0 bridgehead atoms. The predicted molar refractivity (Wildman–Crippen MR) is 77.8 cm³/mol. The van der Waals surface area contributed by atoms with E-state index in [1.165, 1.54) is 4.90 Å². The van der Waals surface area contributed by atoms with Gasteiger partial charge in [0.15, 0.2) is 0 Å². The average Bonchev–Trinajstić information content (AvgIpc) is 2.37. The lowest BCUT2D eigenvalue weighted by atomic mass is 10.2. The Morgan fingerprint density at radius 3 is 2.60 bits per heavy atom. The molecule has 1 rings (SSSR count). The first-order valence-corrected chi connectivity index (χ1v) is 6.83. The largest absolute Gasteiger partial charge is 0.481 e. The van der Waals surface area contributed by atoms with Gasteiger partial charge >= 0.3 is 12.0 Å². The van der Waals surface area contributed by atoms with Crippen LogP contribution in [-0.4, -0.2) is 34.6 Å². The van der Waals surface area contributed by atoms with Crippen LogP contribution >= 0.6 is 11.6 Å². The van der Waals surface area contributed by atoms with Crippen LogP contribution in [0.4, 0.5) is 4.79 Å². The number of hydrogen-bond acceptors (Lipinski definition) is 2. The van der Waals surface area contributed by atoms with E-state index in [4.69, 9.17) is 16.7 Å². The molecule has 0 spiro atoms. The Labute approximate surface area is 123 Å². The molecule has 110 valence electrons. The topological polar surface area (TPSA) is 69.6 Å². The summed E-state index contributed by atoms with van der Waals surface area (Å²) in [7, 11) is 0. The van der Waals surface area contributed by atoms with E-state index in [0.29, 0.717) is 18.1 Å². The second-order valence-electron chi connectivity index (χ2n) is 4.48. The van der Waals surface area contributed by atoms with Crippen molar-refractivity contribution in [2.45, 2.75) is 32.9 Å². The van der Waals surface area contributed by atoms with Crippen LogP contribution in [0.1, 0.15) is 25.8 Å². The van der Waals surface area contributed by atoms with Crippen LogP contribution in [0.15, 0.2) is 24.3 Å². The Morgan fingerprint density at radius 1 is 1.40 bits per heavy atom. The predicted octanol–water partition coefficient (Wildman–Crippen LogP) is 2.73. The molecule has 1 aromatic rings. The Hall–Kier alpha value is -1.75. The monoisotopic (exact) mass is 298 g/mol. The Bertz CT molecular complexity index is 479. The molecule has 6 heteroatoms. The number of carbonyl (C=O) groups is 2. The SMILES string of the molecule is CCN(C(=O)NCc1ccccc1Cl)C(C)CC(=O)O. The standard InChI is InChI=1S/C14H19ClN2O3/c1-3-17(10(2)8-13(18)19)14(20)16-9-11-6-4-5-7-12(11)15/h4-7,10H,3,8-9H2,1-2H3,(H,16,20)(H,18,19). The first-order valence-electron chi connectivity index (χ1n) is 6.45. The normalized spacial score (nSPS) is 11.8. The van der Waals surface area contributed by atoms with Gasteiger partial charge in [-0.2, -0.15) is 0 Å². The average molecular weight is 299 g/mol. The van der Waals surface area contributed by atoms with Crippen LogP contribution in [0, 0.1) is 0 Å². The van der Waals surface area contributed by atoms with Crippen LogP contribution in [0.25, 0.3) is 0 Å². The van der Waals surface area contributed by atoms with Crippen molar-refractivity contribution in [1.29, 1.82) is 0 Å². The lowest BCUT2D eigenvalue weighted by molar-refractivity contribution is -0.138. The van der Waals surface area contributed by atoms with Gasteiger partial charge in [0.25, 0.3) is 0 Å². The van der Waals surface area contributed by atoms with Gasteiger partial charge < -0.3 is 15.3 Å². The van der Waals surface area contributed by atoms with E-state index < -0.39 is 5.97 Å². The molecule has 0 saturated heterocycles. The van der Waals surface area contributed by atoms with E-state index in [2.05, 4.69) is 5.32 Å². The van der Waals surface area contributed by atoms with Gasteiger partial charge in [-0.3, -0.25) is 4.79 Å². The van der Waals surface area contributed by atoms with Crippen molar-refractivity contribution in [3.8, 4) is 0 Å². The van der Waals surface area contributed by atoms with Crippen molar-refractivity contribution in [3.63, 3.8) is 0 Å². The van der Waals surface area contributed by atoms with Gasteiger partial charge in [-0.25, -0.2) is 4.79 Å². The van der Waals surface area contributed by atoms with Crippen LogP contribution in [0.3, 0.4) is 0 Å². The molecule has 0 aliphatic carbocycles. The minimum Gasteiger partial charge on any atom is -0.481 e. The third kappa shape index (κ3) is 4.74. The molecular weight excluding hydrogens is 280 g/mol. The highest BCUT2D eigenvalue weighted by Gasteiger charge is 2.20. The fourth-order valence-electron chi connectivity index (χ4n) is 1.93. The Balaban J connectivity index is 2.60. The highest BCUT2D eigenvalue weighted by atomic mass is 35.5. The number of hydrogen-bond donors (Lipinski definition) is 2. The number of aliphatic carboxylic acids is 1. The molecule has 0 aliphatic rings. The molecule has 1 unspecified atom stereocenters. The van der Waals surface area contributed by atoms with E-state index in [1.807, 2.05) is 25.1 Å². The van der Waals surface area contributed by atoms with Crippen molar-refractivity contribution in [3.05, 3.63) is 34.9 Å². The molecule has 0 saturated carbocycles. The van der Waals surface area contributed by atoms with Crippen molar-refractivity contribution in [1.82, 2.24) is 10.2 Å². The summed E-state index contributed by atoms with van der Waals surface area (Å²) in [6.07, 6.45) is -0.0760. The number of benzene rings is 1. The van der Waals surface area contributed by atoms with E-state index in [-0.39, 0.29) is 18.5 Å². The number of urea groups is 1. The minimum absolute atomic E-state index is 0.0760. The fourth-order valence-corrected chi connectivity index (χ4v) is 2.14. The third-order valence-corrected chi connectivity index (χ3v) is 3.36. The number of carboxylic acid groups (broad SMARTS) is 1. The number of nitrogens with zero attached hydrogens (tertiary/aromatic N) is 1. The molecule has 0 aliphatic heterocycles. The van der Waals surface area contributed by atoms with E-state index >= 15 is 0 Å². The first-order chi connectivity index (χ1) is 9.45. The van der Waals surface area contributed by atoms with Gasteiger partial charge in [0.2, 0.25) is 0 Å². The summed E-state index contributed by atoms with van der Waals surface area (Å²) in [5, 5.41) is 12.1. The summed E-state index contributed by atoms with van der Waals surface area (Å²) in [5.41, 5.74) is 0.824. The molecular formula is C14H19ClN2O3. The van der Waals surface area contributed by atoms with Crippen molar-refractivity contribution in [2.24, 2.45) is 0 Å². The second kappa shape index (κ2) is 7.75. The summed E-state index contributed by atoms with van der Waals surface area (Å²) < 4.78 is 0. The molecule has 0 aromatic heterocycles. The summed E-state index contributed by atoms with van der Waals surface area (Å²) >= 11 is 6.01. The van der Waals surface area contributed by atoms with Crippen molar-refractivity contribution in [2.75, 3.05) is 6.54 Å². The zero-order valence-corrected chi connectivity index (χ0v) is 12.4. The van der Waals surface area contributed by atoms with Gasteiger partial charge in [-0.1, -0.05) is 29.8 Å². The van der Waals surface area contributed by atoms with Crippen LogP contribution in [0.5, 0.6) is 0 Å². The van der Waals surface area contributed by atoms with Gasteiger partial charge in [-0.05, 0) is 25.5 Å². The minimum atomic E-state index is -0.921. The zero-order chi connectivity index (χ0) is 15.1. The fraction of sp³-hybridized carbons (Fsp3) is 0.429. The van der Waals surface area contributed by atoms with Crippen molar-refractivity contribution >= 4 is 23.6 Å². The molecule has 2 N–H and O–H groups in total. The quantitative estimate of drug-likeness (QED) is 0.848. The Kier molecular flexibility index (Phi) is 6.31. The van der Waals surface area contributed by atoms with Crippen LogP contribution in [0.2, 0.25) is 5.02 Å². The molecule has 0 heterocycles.